The summed E-state index contributed by atoms with van der Waals surface area (Å²) in [6, 6.07) is 4.52. The highest BCUT2D eigenvalue weighted by atomic mass is 35.5. The molecule has 0 atom stereocenters. The molecule has 3 amide bonds. The van der Waals surface area contributed by atoms with Crippen LogP contribution in [0.15, 0.2) is 30.6 Å². The molecule has 3 aromatic rings. The average molecular weight is 616 g/mol. The Bertz CT molecular complexity index is 1590. The van der Waals surface area contributed by atoms with Gasteiger partial charge >= 0.3 is 12.2 Å². The number of carbonyl (C=O) groups excluding carboxylic acids is 3. The number of urea groups is 1. The summed E-state index contributed by atoms with van der Waals surface area (Å²) in [5.74, 6) is 0.988. The van der Waals surface area contributed by atoms with E-state index in [0.29, 0.717) is 31.5 Å². The SMILES string of the molecule is C#CCn1cc(-c2cnc(C(=O)Nc3ccc(C(=O)C4CCN(C(=O)N5CCCC5)CC4)c(Cl)c3)n2C)c(C(F)(F)F)n1. The van der Waals surface area contributed by atoms with E-state index in [4.69, 9.17) is 18.0 Å². The van der Waals surface area contributed by atoms with Crippen molar-refractivity contribution in [2.45, 2.75) is 38.4 Å². The van der Waals surface area contributed by atoms with Gasteiger partial charge in [0.25, 0.3) is 5.91 Å². The number of terminal acetylenes is 1. The van der Waals surface area contributed by atoms with Crippen LogP contribution in [0.2, 0.25) is 5.02 Å². The van der Waals surface area contributed by atoms with Gasteiger partial charge in [0.2, 0.25) is 0 Å². The van der Waals surface area contributed by atoms with Gasteiger partial charge in [-0.05, 0) is 43.9 Å². The number of amides is 3. The number of nitrogens with zero attached hydrogens (tertiary/aromatic N) is 6. The van der Waals surface area contributed by atoms with E-state index in [0.717, 1.165) is 43.0 Å². The summed E-state index contributed by atoms with van der Waals surface area (Å²) >= 11 is 6.45. The molecule has 1 aromatic carbocycles. The smallest absolute Gasteiger partial charge is 0.325 e. The van der Waals surface area contributed by atoms with Crippen LogP contribution >= 0.6 is 11.6 Å². The van der Waals surface area contributed by atoms with Crippen molar-refractivity contribution < 1.29 is 27.6 Å². The lowest BCUT2D eigenvalue weighted by Crippen LogP contribution is -2.46. The molecule has 2 aromatic heterocycles. The molecule has 0 spiro atoms. The maximum Gasteiger partial charge on any atom is 0.435 e. The Morgan fingerprint density at radius 1 is 1.12 bits per heavy atom. The Kier molecular flexibility index (Phi) is 8.50. The maximum atomic E-state index is 13.6. The number of likely N-dealkylation sites (tertiary alicyclic amines) is 2. The minimum Gasteiger partial charge on any atom is -0.325 e. The molecule has 0 unspecified atom stereocenters. The molecule has 0 aliphatic carbocycles. The number of halogens is 4. The summed E-state index contributed by atoms with van der Waals surface area (Å²) in [5.41, 5.74) is -0.803. The summed E-state index contributed by atoms with van der Waals surface area (Å²) in [6.45, 7) is 2.38. The first-order valence-electron chi connectivity index (χ1n) is 13.8. The Balaban J connectivity index is 1.25. The van der Waals surface area contributed by atoms with Gasteiger partial charge in [-0.3, -0.25) is 14.3 Å². The summed E-state index contributed by atoms with van der Waals surface area (Å²) in [6.07, 6.45) is 5.88. The molecule has 43 heavy (non-hydrogen) atoms. The molecule has 0 bridgehead atoms. The van der Waals surface area contributed by atoms with Gasteiger partial charge in [-0.15, -0.1) is 6.42 Å². The number of rotatable bonds is 6. The first kappa shape index (κ1) is 30.2. The second-order valence-electron chi connectivity index (χ2n) is 10.6. The third-order valence-electron chi connectivity index (χ3n) is 7.76. The standard InChI is InChI=1S/C29H29ClF3N7O3/c1-3-10-40-17-21(25(36-40)29(31,32)33)23-16-34-26(37(23)2)27(42)35-19-6-7-20(22(30)15-19)24(41)18-8-13-39(14-9-18)28(43)38-11-4-5-12-38/h1,6-7,15-18H,4-5,8-14H2,2H3,(H,35,42). The molecule has 5 rings (SSSR count). The highest BCUT2D eigenvalue weighted by Crippen LogP contribution is 2.36. The number of aromatic nitrogens is 4. The molecule has 10 nitrogen and oxygen atoms in total. The first-order valence-corrected chi connectivity index (χ1v) is 14.1. The van der Waals surface area contributed by atoms with Crippen LogP contribution in [0, 0.1) is 18.3 Å². The van der Waals surface area contributed by atoms with Gasteiger partial charge in [-0.1, -0.05) is 17.5 Å². The molecule has 4 heterocycles. The number of ketones is 1. The van der Waals surface area contributed by atoms with Crippen molar-refractivity contribution >= 4 is 35.0 Å². The van der Waals surface area contributed by atoms with Crippen LogP contribution in [0.1, 0.15) is 52.4 Å². The number of hydrogen-bond donors (Lipinski definition) is 1. The van der Waals surface area contributed by atoms with Gasteiger partial charge in [0.05, 0.1) is 22.5 Å². The molecular formula is C29H29ClF3N7O3. The monoisotopic (exact) mass is 615 g/mol. The van der Waals surface area contributed by atoms with Crippen molar-refractivity contribution in [2.24, 2.45) is 13.0 Å². The second-order valence-corrected chi connectivity index (χ2v) is 11.0. The highest BCUT2D eigenvalue weighted by Gasteiger charge is 2.38. The fraction of sp³-hybridized carbons (Fsp3) is 0.414. The van der Waals surface area contributed by atoms with E-state index in [1.54, 1.807) is 4.90 Å². The lowest BCUT2D eigenvalue weighted by atomic mass is 9.89. The van der Waals surface area contributed by atoms with E-state index in [2.05, 4.69) is 21.3 Å². The average Bonchev–Trinajstić information content (AvgIpc) is 3.73. The van der Waals surface area contributed by atoms with Gasteiger partial charge in [0.1, 0.15) is 6.54 Å². The van der Waals surface area contributed by atoms with Gasteiger partial charge in [0.15, 0.2) is 17.3 Å². The van der Waals surface area contributed by atoms with Crippen molar-refractivity contribution in [3.8, 4) is 23.6 Å². The number of piperidine rings is 1. The van der Waals surface area contributed by atoms with Crippen molar-refractivity contribution in [1.82, 2.24) is 29.1 Å². The van der Waals surface area contributed by atoms with Crippen LogP contribution in [0.4, 0.5) is 23.7 Å². The number of imidazole rings is 1. The minimum absolute atomic E-state index is 0.0212. The lowest BCUT2D eigenvalue weighted by molar-refractivity contribution is -0.141. The number of Topliss-reactive ketones (excluding diaryl/α,β-unsaturated/α-hetero) is 1. The number of alkyl halides is 3. The van der Waals surface area contributed by atoms with E-state index in [1.807, 2.05) is 4.90 Å². The zero-order valence-corrected chi connectivity index (χ0v) is 24.1. The normalized spacial score (nSPS) is 15.9. The van der Waals surface area contributed by atoms with Crippen molar-refractivity contribution in [3.05, 3.63) is 52.7 Å². The van der Waals surface area contributed by atoms with Crippen LogP contribution in [0.3, 0.4) is 0 Å². The van der Waals surface area contributed by atoms with Crippen LogP contribution in [-0.4, -0.2) is 73.0 Å². The predicted molar refractivity (Wildman–Crippen MR) is 152 cm³/mol. The Morgan fingerprint density at radius 3 is 2.42 bits per heavy atom. The van der Waals surface area contributed by atoms with Crippen molar-refractivity contribution in [2.75, 3.05) is 31.5 Å². The highest BCUT2D eigenvalue weighted by molar-refractivity contribution is 6.34. The van der Waals surface area contributed by atoms with E-state index in [1.165, 1.54) is 29.8 Å². The molecule has 2 aliphatic heterocycles. The van der Waals surface area contributed by atoms with Gasteiger partial charge < -0.3 is 19.7 Å². The molecule has 1 N–H and O–H groups in total. The minimum atomic E-state index is -4.75. The van der Waals surface area contributed by atoms with Crippen LogP contribution in [0.5, 0.6) is 0 Å². The third kappa shape index (κ3) is 6.24. The fourth-order valence-corrected chi connectivity index (χ4v) is 5.78. The molecule has 14 heteroatoms. The predicted octanol–water partition coefficient (Wildman–Crippen LogP) is 4.95. The molecule has 0 saturated carbocycles. The lowest BCUT2D eigenvalue weighted by Gasteiger charge is -2.34. The molecular weight excluding hydrogens is 587 g/mol. The first-order chi connectivity index (χ1) is 20.5. The number of nitrogens with one attached hydrogen (secondary N) is 1. The zero-order chi connectivity index (χ0) is 30.9. The molecule has 226 valence electrons. The largest absolute Gasteiger partial charge is 0.435 e. The molecule has 2 aliphatic rings. The Morgan fingerprint density at radius 2 is 1.79 bits per heavy atom. The molecule has 2 fully saturated rings. The van der Waals surface area contributed by atoms with Gasteiger partial charge in [0, 0.05) is 56.6 Å². The van der Waals surface area contributed by atoms with E-state index < -0.39 is 17.8 Å². The van der Waals surface area contributed by atoms with Crippen molar-refractivity contribution in [3.63, 3.8) is 0 Å². The van der Waals surface area contributed by atoms with E-state index >= 15 is 0 Å². The topological polar surface area (TPSA) is 105 Å². The molecule has 0 radical (unpaired) electrons. The number of hydrogen-bond acceptors (Lipinski definition) is 5. The molecule has 2 saturated heterocycles. The zero-order valence-electron chi connectivity index (χ0n) is 23.3. The van der Waals surface area contributed by atoms with Crippen molar-refractivity contribution in [1.29, 1.82) is 0 Å². The van der Waals surface area contributed by atoms with Crippen LogP contribution < -0.4 is 5.32 Å². The van der Waals surface area contributed by atoms with Gasteiger partial charge in [-0.2, -0.15) is 18.3 Å². The van der Waals surface area contributed by atoms with Crippen LogP contribution in [0.25, 0.3) is 11.3 Å². The fourth-order valence-electron chi connectivity index (χ4n) is 5.50. The summed E-state index contributed by atoms with van der Waals surface area (Å²) in [5, 5.41) is 6.33. The van der Waals surface area contributed by atoms with Gasteiger partial charge in [-0.25, -0.2) is 9.78 Å². The number of anilines is 1. The third-order valence-corrected chi connectivity index (χ3v) is 8.07. The Hall–Kier alpha value is -4.31. The summed E-state index contributed by atoms with van der Waals surface area (Å²) in [7, 11) is 1.41. The Labute approximate surface area is 250 Å². The summed E-state index contributed by atoms with van der Waals surface area (Å²) < 4.78 is 43.1. The second kappa shape index (κ2) is 12.1. The quantitative estimate of drug-likeness (QED) is 0.312. The number of benzene rings is 1. The number of carbonyl (C=O) groups is 3. The van der Waals surface area contributed by atoms with E-state index in [-0.39, 0.29) is 52.1 Å². The van der Waals surface area contributed by atoms with Crippen LogP contribution in [-0.2, 0) is 19.8 Å². The summed E-state index contributed by atoms with van der Waals surface area (Å²) in [4.78, 5) is 46.6. The maximum absolute atomic E-state index is 13.6. The van der Waals surface area contributed by atoms with E-state index in [9.17, 15) is 27.6 Å².